The van der Waals surface area contributed by atoms with Gasteiger partial charge in [-0.3, -0.25) is 4.79 Å². The predicted molar refractivity (Wildman–Crippen MR) is 74.0 cm³/mol. The van der Waals surface area contributed by atoms with E-state index in [1.165, 1.54) is 12.1 Å². The minimum Gasteiger partial charge on any atom is -0.403 e. The van der Waals surface area contributed by atoms with Crippen LogP contribution in [0.25, 0.3) is 11.5 Å². The Bertz CT molecular complexity index is 637. The molecule has 3 rings (SSSR count). The Kier molecular flexibility index (Phi) is 3.55. The Morgan fingerprint density at radius 1 is 1.33 bits per heavy atom. The number of nitrogens with one attached hydrogen (secondary N) is 1. The summed E-state index contributed by atoms with van der Waals surface area (Å²) >= 11 is 0. The maximum Gasteiger partial charge on any atom is 0.316 e. The van der Waals surface area contributed by atoms with Crippen LogP contribution in [-0.2, 0) is 4.79 Å². The highest BCUT2D eigenvalue weighted by Crippen LogP contribution is 2.20. The summed E-state index contributed by atoms with van der Waals surface area (Å²) in [6.45, 7) is 3.35. The van der Waals surface area contributed by atoms with Crippen LogP contribution in [0.2, 0.25) is 0 Å². The van der Waals surface area contributed by atoms with Crippen LogP contribution in [0.3, 0.4) is 0 Å². The molecule has 0 radical (unpaired) electrons. The Labute approximate surface area is 121 Å². The number of nitrogens with zero attached hydrogens (tertiary/aromatic N) is 3. The Morgan fingerprint density at radius 2 is 2.05 bits per heavy atom. The molecule has 1 amide bonds. The van der Waals surface area contributed by atoms with E-state index in [-0.39, 0.29) is 23.6 Å². The summed E-state index contributed by atoms with van der Waals surface area (Å²) in [5, 5.41) is 10.6. The first-order valence-electron chi connectivity index (χ1n) is 6.78. The predicted octanol–water partition coefficient (Wildman–Crippen LogP) is 1.91. The van der Waals surface area contributed by atoms with Crippen LogP contribution < -0.4 is 5.32 Å². The normalized spacial score (nSPS) is 15.4. The number of anilines is 1. The summed E-state index contributed by atoms with van der Waals surface area (Å²) in [7, 11) is 0. The van der Waals surface area contributed by atoms with E-state index >= 15 is 0 Å². The highest BCUT2D eigenvalue weighted by molar-refractivity contribution is 5.84. The number of likely N-dealkylation sites (tertiary alicyclic amines) is 1. The largest absolute Gasteiger partial charge is 0.403 e. The van der Waals surface area contributed by atoms with Gasteiger partial charge in [-0.25, -0.2) is 4.39 Å². The lowest BCUT2D eigenvalue weighted by Gasteiger charge is -2.33. The second-order valence-electron chi connectivity index (χ2n) is 4.96. The van der Waals surface area contributed by atoms with E-state index in [9.17, 15) is 9.18 Å². The minimum atomic E-state index is -0.424. The fraction of sp³-hybridized carbons (Fsp3) is 0.357. The average molecular weight is 290 g/mol. The lowest BCUT2D eigenvalue weighted by molar-refractivity contribution is -0.135. The average Bonchev–Trinajstić information content (AvgIpc) is 2.86. The van der Waals surface area contributed by atoms with Crippen molar-refractivity contribution < 1.29 is 13.6 Å². The van der Waals surface area contributed by atoms with Gasteiger partial charge in [0.25, 0.3) is 0 Å². The number of halogens is 1. The van der Waals surface area contributed by atoms with Gasteiger partial charge in [-0.05, 0) is 37.6 Å². The van der Waals surface area contributed by atoms with Crippen molar-refractivity contribution in [3.8, 4) is 11.5 Å². The molecule has 0 spiro atoms. The standard InChI is InChI=1S/C14H15FN4O2/c1-9(13(20)19-7-2-8-19)16-14-18-17-12(21-14)10-3-5-11(15)6-4-10/h3-6,9H,2,7-8H2,1H3,(H,16,18)/t9-/m1/s1. The van der Waals surface area contributed by atoms with Crippen LogP contribution in [0, 0.1) is 5.82 Å². The van der Waals surface area contributed by atoms with Gasteiger partial charge >= 0.3 is 6.01 Å². The van der Waals surface area contributed by atoms with Crippen molar-refractivity contribution in [2.45, 2.75) is 19.4 Å². The van der Waals surface area contributed by atoms with Crippen molar-refractivity contribution in [1.29, 1.82) is 0 Å². The number of carbonyl (C=O) groups is 1. The molecule has 0 unspecified atom stereocenters. The number of amides is 1. The highest BCUT2D eigenvalue weighted by Gasteiger charge is 2.26. The summed E-state index contributed by atoms with van der Waals surface area (Å²) in [6, 6.07) is 5.51. The smallest absolute Gasteiger partial charge is 0.316 e. The van der Waals surface area contributed by atoms with Crippen molar-refractivity contribution in [2.75, 3.05) is 18.4 Å². The van der Waals surface area contributed by atoms with E-state index in [4.69, 9.17) is 4.42 Å². The number of hydrogen-bond acceptors (Lipinski definition) is 5. The number of hydrogen-bond donors (Lipinski definition) is 1. The van der Waals surface area contributed by atoms with Gasteiger partial charge in [-0.15, -0.1) is 5.10 Å². The van der Waals surface area contributed by atoms with Gasteiger partial charge < -0.3 is 14.6 Å². The third kappa shape index (κ3) is 2.86. The summed E-state index contributed by atoms with van der Waals surface area (Å²) in [4.78, 5) is 13.7. The molecule has 2 aromatic rings. The van der Waals surface area contributed by atoms with E-state index in [2.05, 4.69) is 15.5 Å². The zero-order valence-electron chi connectivity index (χ0n) is 11.5. The lowest BCUT2D eigenvalue weighted by Crippen LogP contribution is -2.48. The van der Waals surface area contributed by atoms with Crippen LogP contribution in [0.5, 0.6) is 0 Å². The SMILES string of the molecule is C[C@@H](Nc1nnc(-c2ccc(F)cc2)o1)C(=O)N1CCC1. The van der Waals surface area contributed by atoms with Gasteiger partial charge in [-0.2, -0.15) is 0 Å². The summed E-state index contributed by atoms with van der Waals surface area (Å²) in [5.74, 6) is -0.0331. The van der Waals surface area contributed by atoms with E-state index in [1.54, 1.807) is 24.0 Å². The molecule has 1 aliphatic heterocycles. The highest BCUT2D eigenvalue weighted by atomic mass is 19.1. The maximum absolute atomic E-state index is 12.9. The number of rotatable bonds is 4. The van der Waals surface area contributed by atoms with Crippen LogP contribution in [0.15, 0.2) is 28.7 Å². The first kappa shape index (κ1) is 13.5. The van der Waals surface area contributed by atoms with Crippen molar-refractivity contribution in [3.63, 3.8) is 0 Å². The molecule has 110 valence electrons. The molecule has 2 heterocycles. The van der Waals surface area contributed by atoms with E-state index < -0.39 is 6.04 Å². The lowest BCUT2D eigenvalue weighted by atomic mass is 10.2. The van der Waals surface area contributed by atoms with Crippen molar-refractivity contribution in [3.05, 3.63) is 30.1 Å². The van der Waals surface area contributed by atoms with E-state index in [0.717, 1.165) is 19.5 Å². The van der Waals surface area contributed by atoms with Crippen LogP contribution in [-0.4, -0.2) is 40.1 Å². The quantitative estimate of drug-likeness (QED) is 0.931. The maximum atomic E-state index is 12.9. The zero-order valence-corrected chi connectivity index (χ0v) is 11.5. The zero-order chi connectivity index (χ0) is 14.8. The molecule has 21 heavy (non-hydrogen) atoms. The van der Waals surface area contributed by atoms with Crippen molar-refractivity contribution in [1.82, 2.24) is 15.1 Å². The summed E-state index contributed by atoms with van der Waals surface area (Å²) in [5.41, 5.74) is 0.624. The van der Waals surface area contributed by atoms with Crippen LogP contribution >= 0.6 is 0 Å². The molecule has 1 fully saturated rings. The molecule has 1 saturated heterocycles. The number of aromatic nitrogens is 2. The molecule has 0 aliphatic carbocycles. The molecule has 1 aromatic carbocycles. The second-order valence-corrected chi connectivity index (χ2v) is 4.96. The van der Waals surface area contributed by atoms with Crippen LogP contribution in [0.1, 0.15) is 13.3 Å². The van der Waals surface area contributed by atoms with Gasteiger partial charge in [0, 0.05) is 18.7 Å². The van der Waals surface area contributed by atoms with Gasteiger partial charge in [0.15, 0.2) is 0 Å². The van der Waals surface area contributed by atoms with Crippen molar-refractivity contribution in [2.24, 2.45) is 0 Å². The number of carbonyl (C=O) groups excluding carboxylic acids is 1. The molecular weight excluding hydrogens is 275 g/mol. The molecule has 6 nitrogen and oxygen atoms in total. The first-order valence-corrected chi connectivity index (χ1v) is 6.78. The second kappa shape index (κ2) is 5.51. The molecule has 1 aliphatic rings. The number of benzene rings is 1. The van der Waals surface area contributed by atoms with Gasteiger partial charge in [0.2, 0.25) is 11.8 Å². The van der Waals surface area contributed by atoms with Crippen molar-refractivity contribution >= 4 is 11.9 Å². The molecule has 1 atom stereocenters. The Hall–Kier alpha value is -2.44. The third-order valence-electron chi connectivity index (χ3n) is 3.39. The third-order valence-corrected chi connectivity index (χ3v) is 3.39. The summed E-state index contributed by atoms with van der Waals surface area (Å²) < 4.78 is 18.3. The van der Waals surface area contributed by atoms with Gasteiger partial charge in [0.1, 0.15) is 11.9 Å². The Morgan fingerprint density at radius 3 is 2.67 bits per heavy atom. The Balaban J connectivity index is 1.67. The van der Waals surface area contributed by atoms with E-state index in [1.807, 2.05) is 0 Å². The first-order chi connectivity index (χ1) is 10.1. The fourth-order valence-electron chi connectivity index (χ4n) is 2.05. The minimum absolute atomic E-state index is 0.0165. The summed E-state index contributed by atoms with van der Waals surface area (Å²) in [6.07, 6.45) is 1.05. The van der Waals surface area contributed by atoms with Crippen LogP contribution in [0.4, 0.5) is 10.4 Å². The van der Waals surface area contributed by atoms with E-state index in [0.29, 0.717) is 5.56 Å². The molecule has 1 N–H and O–H groups in total. The molecular formula is C14H15FN4O2. The molecule has 7 heteroatoms. The topological polar surface area (TPSA) is 71.3 Å². The molecule has 0 saturated carbocycles. The molecule has 0 bridgehead atoms. The van der Waals surface area contributed by atoms with Gasteiger partial charge in [-0.1, -0.05) is 5.10 Å². The monoisotopic (exact) mass is 290 g/mol. The fourth-order valence-corrected chi connectivity index (χ4v) is 2.05. The molecule has 1 aromatic heterocycles. The van der Waals surface area contributed by atoms with Gasteiger partial charge in [0.05, 0.1) is 0 Å².